The van der Waals surface area contributed by atoms with Crippen LogP contribution in [0.1, 0.15) is 39.5 Å². The van der Waals surface area contributed by atoms with E-state index in [0.29, 0.717) is 6.42 Å². The average molecular weight is 153 g/mol. The Hall–Kier alpha value is -0.550. The van der Waals surface area contributed by atoms with E-state index in [4.69, 9.17) is 5.26 Å². The molecule has 0 aromatic carbocycles. The van der Waals surface area contributed by atoms with Crippen molar-refractivity contribution in [2.75, 3.05) is 0 Å². The maximum atomic E-state index is 9.85. The minimum absolute atomic E-state index is 0.222. The molecule has 0 aromatic heterocycles. The first kappa shape index (κ1) is 8.55. The smallest absolute Gasteiger partial charge is 0.156 e. The third-order valence-corrected chi connectivity index (χ3v) is 2.89. The van der Waals surface area contributed by atoms with Crippen molar-refractivity contribution in [3.05, 3.63) is 0 Å². The van der Waals surface area contributed by atoms with Crippen LogP contribution in [0.2, 0.25) is 0 Å². The Bertz CT molecular complexity index is 192. The van der Waals surface area contributed by atoms with Gasteiger partial charge in [-0.3, -0.25) is 0 Å². The quantitative estimate of drug-likeness (QED) is 0.540. The molecular formula is C9H15NO. The van der Waals surface area contributed by atoms with E-state index in [2.05, 4.69) is 0 Å². The Morgan fingerprint density at radius 1 is 1.27 bits per heavy atom. The molecule has 1 fully saturated rings. The predicted molar refractivity (Wildman–Crippen MR) is 42.8 cm³/mol. The molecule has 0 aromatic rings. The summed E-state index contributed by atoms with van der Waals surface area (Å²) in [6.07, 6.45) is 3.71. The van der Waals surface area contributed by atoms with E-state index in [1.807, 2.05) is 19.9 Å². The van der Waals surface area contributed by atoms with Gasteiger partial charge in [0.25, 0.3) is 0 Å². The molecule has 1 aliphatic carbocycles. The van der Waals surface area contributed by atoms with E-state index in [9.17, 15) is 5.11 Å². The number of aliphatic hydroxyl groups is 1. The number of rotatable bonds is 0. The van der Waals surface area contributed by atoms with Crippen LogP contribution in [-0.2, 0) is 0 Å². The summed E-state index contributed by atoms with van der Waals surface area (Å²) in [5.41, 5.74) is -1.30. The van der Waals surface area contributed by atoms with Crippen LogP contribution in [0.25, 0.3) is 0 Å². The van der Waals surface area contributed by atoms with Crippen LogP contribution < -0.4 is 0 Å². The van der Waals surface area contributed by atoms with E-state index in [-0.39, 0.29) is 5.41 Å². The number of hydrogen-bond acceptors (Lipinski definition) is 2. The highest BCUT2D eigenvalue weighted by atomic mass is 16.3. The molecule has 0 bridgehead atoms. The minimum atomic E-state index is -1.08. The molecule has 1 saturated carbocycles. The van der Waals surface area contributed by atoms with Crippen molar-refractivity contribution in [1.82, 2.24) is 0 Å². The van der Waals surface area contributed by atoms with Crippen LogP contribution in [0.3, 0.4) is 0 Å². The van der Waals surface area contributed by atoms with Gasteiger partial charge in [-0.05, 0) is 19.3 Å². The van der Waals surface area contributed by atoms with Gasteiger partial charge in [-0.25, -0.2) is 0 Å². The zero-order chi connectivity index (χ0) is 8.54. The highest BCUT2D eigenvalue weighted by molar-refractivity contribution is 5.10. The second-order valence-electron chi connectivity index (χ2n) is 4.06. The molecule has 0 saturated heterocycles. The van der Waals surface area contributed by atoms with Crippen molar-refractivity contribution < 1.29 is 5.11 Å². The third-order valence-electron chi connectivity index (χ3n) is 2.89. The fourth-order valence-corrected chi connectivity index (χ4v) is 1.70. The SMILES string of the molecule is CC1(C)CCCC[C@]1(O)C#N. The highest BCUT2D eigenvalue weighted by Gasteiger charge is 2.45. The van der Waals surface area contributed by atoms with Gasteiger partial charge in [-0.15, -0.1) is 0 Å². The molecule has 0 unspecified atom stereocenters. The molecule has 2 heteroatoms. The van der Waals surface area contributed by atoms with Crippen molar-refractivity contribution in [3.8, 4) is 6.07 Å². The summed E-state index contributed by atoms with van der Waals surface area (Å²) in [6.45, 7) is 3.94. The topological polar surface area (TPSA) is 44.0 Å². The summed E-state index contributed by atoms with van der Waals surface area (Å²) in [5.74, 6) is 0. The lowest BCUT2D eigenvalue weighted by atomic mass is 9.66. The lowest BCUT2D eigenvalue weighted by Crippen LogP contribution is -2.45. The van der Waals surface area contributed by atoms with E-state index in [0.717, 1.165) is 19.3 Å². The molecule has 0 amide bonds. The van der Waals surface area contributed by atoms with Gasteiger partial charge >= 0.3 is 0 Å². The molecule has 2 nitrogen and oxygen atoms in total. The summed E-state index contributed by atoms with van der Waals surface area (Å²) >= 11 is 0. The average Bonchev–Trinajstić information content (AvgIpc) is 1.95. The normalized spacial score (nSPS) is 36.2. The van der Waals surface area contributed by atoms with Gasteiger partial charge in [-0.2, -0.15) is 5.26 Å². The van der Waals surface area contributed by atoms with Crippen molar-refractivity contribution in [2.45, 2.75) is 45.1 Å². The maximum absolute atomic E-state index is 9.85. The van der Waals surface area contributed by atoms with Crippen LogP contribution in [0, 0.1) is 16.7 Å². The first-order chi connectivity index (χ1) is 5.02. The van der Waals surface area contributed by atoms with Gasteiger partial charge < -0.3 is 5.11 Å². The van der Waals surface area contributed by atoms with Crippen LogP contribution in [-0.4, -0.2) is 10.7 Å². The third kappa shape index (κ3) is 1.25. The van der Waals surface area contributed by atoms with E-state index in [1.165, 1.54) is 0 Å². The highest BCUT2D eigenvalue weighted by Crippen LogP contribution is 2.43. The molecule has 1 aliphatic rings. The summed E-state index contributed by atoms with van der Waals surface area (Å²) < 4.78 is 0. The van der Waals surface area contributed by atoms with Crippen LogP contribution in [0.5, 0.6) is 0 Å². The first-order valence-corrected chi connectivity index (χ1v) is 4.15. The van der Waals surface area contributed by atoms with Crippen molar-refractivity contribution in [2.24, 2.45) is 5.41 Å². The molecular weight excluding hydrogens is 138 g/mol. The molecule has 0 radical (unpaired) electrons. The second kappa shape index (κ2) is 2.49. The van der Waals surface area contributed by atoms with Crippen molar-refractivity contribution in [1.29, 1.82) is 5.26 Å². The van der Waals surface area contributed by atoms with Gasteiger partial charge in [0.05, 0.1) is 6.07 Å². The van der Waals surface area contributed by atoms with E-state index in [1.54, 1.807) is 0 Å². The number of nitrogens with zero attached hydrogens (tertiary/aromatic N) is 1. The Morgan fingerprint density at radius 2 is 1.82 bits per heavy atom. The van der Waals surface area contributed by atoms with Gasteiger partial charge in [0.15, 0.2) is 5.60 Å². The Balaban J connectivity index is 2.85. The molecule has 11 heavy (non-hydrogen) atoms. The molecule has 0 spiro atoms. The number of hydrogen-bond donors (Lipinski definition) is 1. The summed E-state index contributed by atoms with van der Waals surface area (Å²) in [6, 6.07) is 2.03. The minimum Gasteiger partial charge on any atom is -0.375 e. The fraction of sp³-hybridized carbons (Fsp3) is 0.889. The van der Waals surface area contributed by atoms with Gasteiger partial charge in [-0.1, -0.05) is 20.3 Å². The zero-order valence-corrected chi connectivity index (χ0v) is 7.22. The molecule has 1 atom stereocenters. The monoisotopic (exact) mass is 153 g/mol. The van der Waals surface area contributed by atoms with E-state index < -0.39 is 5.60 Å². The first-order valence-electron chi connectivity index (χ1n) is 4.15. The van der Waals surface area contributed by atoms with Gasteiger partial charge in [0.1, 0.15) is 0 Å². The zero-order valence-electron chi connectivity index (χ0n) is 7.22. The molecule has 0 heterocycles. The van der Waals surface area contributed by atoms with Crippen LogP contribution in [0.4, 0.5) is 0 Å². The summed E-state index contributed by atoms with van der Waals surface area (Å²) in [7, 11) is 0. The van der Waals surface area contributed by atoms with Crippen molar-refractivity contribution >= 4 is 0 Å². The van der Waals surface area contributed by atoms with Crippen LogP contribution >= 0.6 is 0 Å². The fourth-order valence-electron chi connectivity index (χ4n) is 1.70. The molecule has 1 rings (SSSR count). The van der Waals surface area contributed by atoms with Gasteiger partial charge in [0.2, 0.25) is 0 Å². The second-order valence-corrected chi connectivity index (χ2v) is 4.06. The lowest BCUT2D eigenvalue weighted by molar-refractivity contribution is -0.0497. The lowest BCUT2D eigenvalue weighted by Gasteiger charge is -2.41. The largest absolute Gasteiger partial charge is 0.375 e. The molecule has 62 valence electrons. The van der Waals surface area contributed by atoms with E-state index >= 15 is 0 Å². The Morgan fingerprint density at radius 3 is 2.18 bits per heavy atom. The summed E-state index contributed by atoms with van der Waals surface area (Å²) in [5, 5.41) is 18.6. The Labute approximate surface area is 67.8 Å². The van der Waals surface area contributed by atoms with Crippen molar-refractivity contribution in [3.63, 3.8) is 0 Å². The maximum Gasteiger partial charge on any atom is 0.156 e. The molecule has 0 aliphatic heterocycles. The summed E-state index contributed by atoms with van der Waals surface area (Å²) in [4.78, 5) is 0. The molecule has 1 N–H and O–H groups in total. The predicted octanol–water partition coefficient (Wildman–Crippen LogP) is 1.84. The Kier molecular flexibility index (Phi) is 1.94. The standard InChI is InChI=1S/C9H15NO/c1-8(2)5-3-4-6-9(8,11)7-10/h11H,3-6H2,1-2H3/t9-/m0/s1. The van der Waals surface area contributed by atoms with Crippen LogP contribution in [0.15, 0.2) is 0 Å². The van der Waals surface area contributed by atoms with Gasteiger partial charge in [0, 0.05) is 5.41 Å². The number of nitriles is 1.